The molecule has 0 amide bonds. The molecular weight excluding hydrogens is 286 g/mol. The standard InChI is InChI=1S/C12H19NTe/c1-3-4-8-14-12-7-5-6-11(9-12)10(2)13/h5-7,9-10H,3-4,8,13H2,1-2H3. The Bertz CT molecular complexity index is 271. The predicted molar refractivity (Wildman–Crippen MR) is 64.1 cm³/mol. The molecule has 1 nitrogen and oxygen atoms in total. The Hall–Kier alpha value is -0.0304. The molecule has 1 aromatic rings. The molecule has 0 bridgehead atoms. The fourth-order valence-electron chi connectivity index (χ4n) is 1.22. The van der Waals surface area contributed by atoms with Crippen LogP contribution in [0.3, 0.4) is 0 Å². The van der Waals surface area contributed by atoms with Crippen LogP contribution in [-0.4, -0.2) is 20.9 Å². The first-order valence-corrected chi connectivity index (χ1v) is 8.03. The van der Waals surface area contributed by atoms with Crippen LogP contribution < -0.4 is 9.35 Å². The molecule has 0 heterocycles. The molecule has 1 rings (SSSR count). The van der Waals surface area contributed by atoms with Gasteiger partial charge in [-0.05, 0) is 0 Å². The molecule has 0 saturated heterocycles. The van der Waals surface area contributed by atoms with E-state index in [4.69, 9.17) is 5.73 Å². The molecule has 1 atom stereocenters. The summed E-state index contributed by atoms with van der Waals surface area (Å²) in [6.07, 6.45) is 2.70. The molecule has 0 aromatic heterocycles. The van der Waals surface area contributed by atoms with Gasteiger partial charge in [-0.1, -0.05) is 0 Å². The molecule has 0 aliphatic carbocycles. The second kappa shape index (κ2) is 6.45. The van der Waals surface area contributed by atoms with Crippen LogP contribution in [0.5, 0.6) is 0 Å². The van der Waals surface area contributed by atoms with Gasteiger partial charge < -0.3 is 0 Å². The van der Waals surface area contributed by atoms with E-state index >= 15 is 0 Å². The van der Waals surface area contributed by atoms with Gasteiger partial charge in [-0.3, -0.25) is 0 Å². The first-order chi connectivity index (χ1) is 6.74. The number of hydrogen-bond acceptors (Lipinski definition) is 1. The molecule has 2 N–H and O–H groups in total. The van der Waals surface area contributed by atoms with Gasteiger partial charge in [0, 0.05) is 0 Å². The Balaban J connectivity index is 2.55. The normalized spacial score (nSPS) is 12.8. The fraction of sp³-hybridized carbons (Fsp3) is 0.500. The summed E-state index contributed by atoms with van der Waals surface area (Å²) in [5.41, 5.74) is 7.13. The van der Waals surface area contributed by atoms with Crippen molar-refractivity contribution in [3.8, 4) is 0 Å². The van der Waals surface area contributed by atoms with Crippen molar-refractivity contribution >= 4 is 24.5 Å². The van der Waals surface area contributed by atoms with Crippen LogP contribution in [0, 0.1) is 0 Å². The van der Waals surface area contributed by atoms with Gasteiger partial charge in [0.25, 0.3) is 0 Å². The van der Waals surface area contributed by atoms with E-state index in [1.165, 1.54) is 22.9 Å². The van der Waals surface area contributed by atoms with Crippen molar-refractivity contribution in [3.63, 3.8) is 0 Å². The third-order valence-electron chi connectivity index (χ3n) is 2.15. The van der Waals surface area contributed by atoms with Crippen LogP contribution in [-0.2, 0) is 0 Å². The summed E-state index contributed by atoms with van der Waals surface area (Å²) in [7, 11) is 0. The summed E-state index contributed by atoms with van der Waals surface area (Å²) in [6, 6.07) is 8.99. The number of benzene rings is 1. The van der Waals surface area contributed by atoms with Crippen LogP contribution in [0.1, 0.15) is 38.3 Å². The average Bonchev–Trinajstić information content (AvgIpc) is 2.19. The van der Waals surface area contributed by atoms with Gasteiger partial charge >= 0.3 is 97.3 Å². The first-order valence-electron chi connectivity index (χ1n) is 5.22. The van der Waals surface area contributed by atoms with Crippen molar-refractivity contribution < 1.29 is 0 Å². The average molecular weight is 305 g/mol. The molecule has 78 valence electrons. The zero-order valence-electron chi connectivity index (χ0n) is 8.99. The van der Waals surface area contributed by atoms with E-state index in [1.54, 1.807) is 3.61 Å². The summed E-state index contributed by atoms with van der Waals surface area (Å²) in [5, 5.41) is 0. The van der Waals surface area contributed by atoms with E-state index in [0.29, 0.717) is 0 Å². The number of rotatable bonds is 5. The second-order valence-corrected chi connectivity index (χ2v) is 6.90. The number of hydrogen-bond donors (Lipinski definition) is 1. The third-order valence-corrected chi connectivity index (χ3v) is 5.23. The van der Waals surface area contributed by atoms with Crippen LogP contribution in [0.25, 0.3) is 0 Å². The van der Waals surface area contributed by atoms with Gasteiger partial charge in [-0.15, -0.1) is 0 Å². The zero-order valence-corrected chi connectivity index (χ0v) is 11.3. The monoisotopic (exact) mass is 307 g/mol. The summed E-state index contributed by atoms with van der Waals surface area (Å²) in [6.45, 7) is 4.30. The molecule has 0 radical (unpaired) electrons. The number of nitrogens with two attached hydrogens (primary N) is 1. The van der Waals surface area contributed by atoms with E-state index in [1.807, 2.05) is 6.92 Å². The minimum absolute atomic E-state index is 0.0468. The van der Waals surface area contributed by atoms with Crippen molar-refractivity contribution in [2.24, 2.45) is 5.73 Å². The topological polar surface area (TPSA) is 26.0 Å². The molecule has 2 heteroatoms. The number of unbranched alkanes of at least 4 members (excludes halogenated alkanes) is 1. The van der Waals surface area contributed by atoms with E-state index < -0.39 is 0 Å². The van der Waals surface area contributed by atoms with Crippen LogP contribution in [0.4, 0.5) is 0 Å². The first kappa shape index (κ1) is 12.0. The van der Waals surface area contributed by atoms with Crippen molar-refractivity contribution in [2.75, 3.05) is 0 Å². The van der Waals surface area contributed by atoms with E-state index in [9.17, 15) is 0 Å². The quantitative estimate of drug-likeness (QED) is 0.655. The van der Waals surface area contributed by atoms with E-state index in [0.717, 1.165) is 0 Å². The Labute approximate surface area is 97.2 Å². The molecule has 1 aromatic carbocycles. The molecule has 0 aliphatic rings. The molecule has 1 unspecified atom stereocenters. The predicted octanol–water partition coefficient (Wildman–Crippen LogP) is 2.25. The van der Waals surface area contributed by atoms with E-state index in [2.05, 4.69) is 31.2 Å². The van der Waals surface area contributed by atoms with Crippen molar-refractivity contribution in [1.82, 2.24) is 0 Å². The minimum atomic E-state index is 0.0468. The maximum absolute atomic E-state index is 5.85. The molecule has 0 fully saturated rings. The van der Waals surface area contributed by atoms with Gasteiger partial charge in [0.1, 0.15) is 0 Å². The van der Waals surface area contributed by atoms with Gasteiger partial charge in [0.2, 0.25) is 0 Å². The summed E-state index contributed by atoms with van der Waals surface area (Å²) < 4.78 is 2.97. The summed E-state index contributed by atoms with van der Waals surface area (Å²) >= 11 is 0.0468. The SMILES string of the molecule is CCCC[Te]c1cccc(C(C)N)c1. The molecule has 0 saturated carbocycles. The Morgan fingerprint density at radius 2 is 2.21 bits per heavy atom. The Morgan fingerprint density at radius 3 is 2.86 bits per heavy atom. The Kier molecular flexibility index (Phi) is 5.55. The summed E-state index contributed by atoms with van der Waals surface area (Å²) in [4.78, 5) is 0. The zero-order chi connectivity index (χ0) is 10.4. The molecule has 0 aliphatic heterocycles. The van der Waals surface area contributed by atoms with Gasteiger partial charge in [0.05, 0.1) is 0 Å². The summed E-state index contributed by atoms with van der Waals surface area (Å²) in [5.74, 6) is 0. The van der Waals surface area contributed by atoms with Crippen molar-refractivity contribution in [2.45, 2.75) is 37.2 Å². The third kappa shape index (κ3) is 4.00. The molecule has 0 spiro atoms. The molecular formula is C12H19NTe. The fourth-order valence-corrected chi connectivity index (χ4v) is 4.26. The van der Waals surface area contributed by atoms with Crippen LogP contribution in [0.15, 0.2) is 24.3 Å². The van der Waals surface area contributed by atoms with Gasteiger partial charge in [-0.2, -0.15) is 0 Å². The van der Waals surface area contributed by atoms with Crippen LogP contribution in [0.2, 0.25) is 4.47 Å². The second-order valence-electron chi connectivity index (χ2n) is 3.56. The van der Waals surface area contributed by atoms with Gasteiger partial charge in [-0.25, -0.2) is 0 Å². The van der Waals surface area contributed by atoms with Crippen molar-refractivity contribution in [3.05, 3.63) is 29.8 Å². The van der Waals surface area contributed by atoms with Crippen molar-refractivity contribution in [1.29, 1.82) is 0 Å². The van der Waals surface area contributed by atoms with Crippen LogP contribution >= 0.6 is 0 Å². The maximum atomic E-state index is 5.85. The Morgan fingerprint density at radius 1 is 1.43 bits per heavy atom. The van der Waals surface area contributed by atoms with E-state index in [-0.39, 0.29) is 27.0 Å². The van der Waals surface area contributed by atoms with Gasteiger partial charge in [0.15, 0.2) is 0 Å². The molecule has 14 heavy (non-hydrogen) atoms.